The summed E-state index contributed by atoms with van der Waals surface area (Å²) < 4.78 is 5.50. The Morgan fingerprint density at radius 1 is 1.59 bits per heavy atom. The summed E-state index contributed by atoms with van der Waals surface area (Å²) in [6.45, 7) is 7.39. The van der Waals surface area contributed by atoms with Crippen molar-refractivity contribution < 1.29 is 14.6 Å². The molecule has 1 amide bonds. The minimum absolute atomic E-state index is 0.223. The molecule has 3 N–H and O–H groups in total. The van der Waals surface area contributed by atoms with Crippen LogP contribution in [0.2, 0.25) is 0 Å². The molecule has 1 aliphatic heterocycles. The molecular weight excluding hydrogens is 220 g/mol. The summed E-state index contributed by atoms with van der Waals surface area (Å²) in [7, 11) is 0. The van der Waals surface area contributed by atoms with E-state index in [1.54, 1.807) is 0 Å². The van der Waals surface area contributed by atoms with Gasteiger partial charge < -0.3 is 15.6 Å². The van der Waals surface area contributed by atoms with Crippen molar-refractivity contribution in [3.8, 4) is 0 Å². The number of primary amides is 1. The molecule has 1 rings (SSSR count). The van der Waals surface area contributed by atoms with Gasteiger partial charge in [0.1, 0.15) is 0 Å². The minimum atomic E-state index is -0.575. The average Bonchev–Trinajstić information content (AvgIpc) is 2.62. The average molecular weight is 244 g/mol. The number of aliphatic hydroxyl groups excluding tert-OH is 1. The monoisotopic (exact) mass is 244 g/mol. The first-order valence-electron chi connectivity index (χ1n) is 6.15. The molecular formula is C12H24N2O3. The molecule has 2 atom stereocenters. The predicted octanol–water partition coefficient (Wildman–Crippen LogP) is 0.112. The molecule has 0 aromatic rings. The Hall–Kier alpha value is -0.650. The number of hydrogen-bond donors (Lipinski definition) is 2. The molecule has 0 bridgehead atoms. The van der Waals surface area contributed by atoms with E-state index < -0.39 is 6.10 Å². The summed E-state index contributed by atoms with van der Waals surface area (Å²) >= 11 is 0. The molecule has 5 heteroatoms. The largest absolute Gasteiger partial charge is 0.389 e. The van der Waals surface area contributed by atoms with Gasteiger partial charge in [0.15, 0.2) is 0 Å². The van der Waals surface area contributed by atoms with Gasteiger partial charge in [-0.25, -0.2) is 0 Å². The Morgan fingerprint density at radius 3 is 2.76 bits per heavy atom. The third kappa shape index (κ3) is 5.02. The van der Waals surface area contributed by atoms with E-state index in [0.717, 1.165) is 19.4 Å². The first kappa shape index (κ1) is 14.4. The first-order valence-corrected chi connectivity index (χ1v) is 6.15. The fourth-order valence-electron chi connectivity index (χ4n) is 2.04. The van der Waals surface area contributed by atoms with Crippen LogP contribution in [-0.2, 0) is 9.53 Å². The standard InChI is InChI=1S/C12H24N2O3/c1-12(2,3)17-8-9(15)7-14-6-4-5-10(14)11(13)16/h9-10,15H,4-8H2,1-3H3,(H2,13,16)/t9-,10-/m0/s1. The zero-order valence-corrected chi connectivity index (χ0v) is 11.0. The quantitative estimate of drug-likeness (QED) is 0.720. The molecule has 0 unspecified atom stereocenters. The second-order valence-corrected chi connectivity index (χ2v) is 5.63. The van der Waals surface area contributed by atoms with Gasteiger partial charge in [0, 0.05) is 6.54 Å². The van der Waals surface area contributed by atoms with E-state index in [9.17, 15) is 9.90 Å². The number of carbonyl (C=O) groups excluding carboxylic acids is 1. The third-order valence-corrected chi connectivity index (χ3v) is 2.85. The second-order valence-electron chi connectivity index (χ2n) is 5.63. The predicted molar refractivity (Wildman–Crippen MR) is 65.5 cm³/mol. The molecule has 17 heavy (non-hydrogen) atoms. The van der Waals surface area contributed by atoms with Gasteiger partial charge in [0.25, 0.3) is 0 Å². The van der Waals surface area contributed by atoms with Crippen molar-refractivity contribution in [2.24, 2.45) is 5.73 Å². The SMILES string of the molecule is CC(C)(C)OC[C@@H](O)CN1CCC[C@H]1C(N)=O. The number of likely N-dealkylation sites (tertiary alicyclic amines) is 1. The normalized spacial score (nSPS) is 23.9. The van der Waals surface area contributed by atoms with Crippen molar-refractivity contribution >= 4 is 5.91 Å². The van der Waals surface area contributed by atoms with Gasteiger partial charge in [-0.2, -0.15) is 0 Å². The molecule has 0 aromatic carbocycles. The summed E-state index contributed by atoms with van der Waals surface area (Å²) in [4.78, 5) is 13.1. The van der Waals surface area contributed by atoms with Crippen LogP contribution >= 0.6 is 0 Å². The van der Waals surface area contributed by atoms with Gasteiger partial charge in [-0.1, -0.05) is 0 Å². The highest BCUT2D eigenvalue weighted by atomic mass is 16.5. The van der Waals surface area contributed by atoms with Crippen LogP contribution in [0.3, 0.4) is 0 Å². The zero-order valence-electron chi connectivity index (χ0n) is 11.0. The number of nitrogens with two attached hydrogens (primary N) is 1. The van der Waals surface area contributed by atoms with Crippen LogP contribution in [0.25, 0.3) is 0 Å². The Balaban J connectivity index is 2.35. The lowest BCUT2D eigenvalue weighted by Crippen LogP contribution is -2.45. The van der Waals surface area contributed by atoms with Crippen LogP contribution in [0.4, 0.5) is 0 Å². The van der Waals surface area contributed by atoms with Gasteiger partial charge in [-0.05, 0) is 40.2 Å². The summed E-state index contributed by atoms with van der Waals surface area (Å²) in [6, 6.07) is -0.223. The van der Waals surface area contributed by atoms with E-state index in [-0.39, 0.29) is 24.2 Å². The molecule has 5 nitrogen and oxygen atoms in total. The fourth-order valence-corrected chi connectivity index (χ4v) is 2.04. The van der Waals surface area contributed by atoms with Crippen molar-refractivity contribution in [2.75, 3.05) is 19.7 Å². The van der Waals surface area contributed by atoms with E-state index in [2.05, 4.69) is 0 Å². The molecule has 1 heterocycles. The van der Waals surface area contributed by atoms with E-state index in [1.165, 1.54) is 0 Å². The number of nitrogens with zero attached hydrogens (tertiary/aromatic N) is 1. The summed E-state index contributed by atoms with van der Waals surface area (Å²) in [5.41, 5.74) is 5.06. The third-order valence-electron chi connectivity index (χ3n) is 2.85. The van der Waals surface area contributed by atoms with Crippen LogP contribution in [-0.4, -0.2) is 53.4 Å². The molecule has 100 valence electrons. The number of amides is 1. The van der Waals surface area contributed by atoms with E-state index in [0.29, 0.717) is 6.54 Å². The van der Waals surface area contributed by atoms with Crippen molar-refractivity contribution in [1.29, 1.82) is 0 Å². The Kier molecular flexibility index (Phi) is 4.91. The van der Waals surface area contributed by atoms with Crippen LogP contribution in [0.1, 0.15) is 33.6 Å². The maximum atomic E-state index is 11.2. The van der Waals surface area contributed by atoms with Gasteiger partial charge in [0.2, 0.25) is 5.91 Å². The smallest absolute Gasteiger partial charge is 0.234 e. The van der Waals surface area contributed by atoms with Crippen LogP contribution in [0, 0.1) is 0 Å². The molecule has 1 aliphatic rings. The minimum Gasteiger partial charge on any atom is -0.389 e. The lowest BCUT2D eigenvalue weighted by molar-refractivity contribution is -0.123. The van der Waals surface area contributed by atoms with E-state index >= 15 is 0 Å². The number of ether oxygens (including phenoxy) is 1. The number of aliphatic hydroxyl groups is 1. The van der Waals surface area contributed by atoms with Gasteiger partial charge in [-0.3, -0.25) is 9.69 Å². The van der Waals surface area contributed by atoms with Gasteiger partial charge in [-0.15, -0.1) is 0 Å². The summed E-state index contributed by atoms with van der Waals surface area (Å²) in [6.07, 6.45) is 1.18. The zero-order chi connectivity index (χ0) is 13.1. The van der Waals surface area contributed by atoms with Crippen molar-refractivity contribution in [3.63, 3.8) is 0 Å². The molecule has 0 radical (unpaired) electrons. The molecule has 1 fully saturated rings. The Morgan fingerprint density at radius 2 is 2.24 bits per heavy atom. The molecule has 0 aliphatic carbocycles. The highest BCUT2D eigenvalue weighted by Gasteiger charge is 2.30. The van der Waals surface area contributed by atoms with Crippen molar-refractivity contribution in [1.82, 2.24) is 4.90 Å². The number of rotatable bonds is 5. The molecule has 0 saturated carbocycles. The topological polar surface area (TPSA) is 75.8 Å². The lowest BCUT2D eigenvalue weighted by Gasteiger charge is -2.27. The highest BCUT2D eigenvalue weighted by molar-refractivity contribution is 5.80. The van der Waals surface area contributed by atoms with Crippen LogP contribution in [0.5, 0.6) is 0 Å². The van der Waals surface area contributed by atoms with Crippen molar-refractivity contribution in [2.45, 2.75) is 51.4 Å². The highest BCUT2D eigenvalue weighted by Crippen LogP contribution is 2.17. The number of β-amino-alcohol motifs (C(OH)–C–C–N with tert-alkyl or cyclic N) is 1. The van der Waals surface area contributed by atoms with Crippen LogP contribution < -0.4 is 5.73 Å². The lowest BCUT2D eigenvalue weighted by atomic mass is 10.2. The Bertz CT molecular complexity index is 263. The molecule has 1 saturated heterocycles. The maximum absolute atomic E-state index is 11.2. The Labute approximate surface area is 103 Å². The molecule has 0 spiro atoms. The van der Waals surface area contributed by atoms with E-state index in [4.69, 9.17) is 10.5 Å². The summed E-state index contributed by atoms with van der Waals surface area (Å²) in [5.74, 6) is -0.300. The van der Waals surface area contributed by atoms with Gasteiger partial charge in [0.05, 0.1) is 24.4 Å². The second kappa shape index (κ2) is 5.80. The fraction of sp³-hybridized carbons (Fsp3) is 0.917. The first-order chi connectivity index (χ1) is 7.79. The van der Waals surface area contributed by atoms with Crippen LogP contribution in [0.15, 0.2) is 0 Å². The number of hydrogen-bond acceptors (Lipinski definition) is 4. The maximum Gasteiger partial charge on any atom is 0.234 e. The summed E-state index contributed by atoms with van der Waals surface area (Å²) in [5, 5.41) is 9.85. The molecule has 0 aromatic heterocycles. The van der Waals surface area contributed by atoms with E-state index in [1.807, 2.05) is 25.7 Å². The number of carbonyl (C=O) groups is 1. The van der Waals surface area contributed by atoms with Gasteiger partial charge >= 0.3 is 0 Å². The van der Waals surface area contributed by atoms with Crippen molar-refractivity contribution in [3.05, 3.63) is 0 Å².